The molecule has 1 aliphatic rings. The first-order valence-corrected chi connectivity index (χ1v) is 5.51. The first kappa shape index (κ1) is 12.5. The smallest absolute Gasteiger partial charge is 0.310 e. The highest BCUT2D eigenvalue weighted by atomic mass is 16.5. The number of carboxylic acid groups (broad SMARTS) is 1. The number of methoxy groups -OCH3 is 1. The fourth-order valence-corrected chi connectivity index (χ4v) is 2.33. The summed E-state index contributed by atoms with van der Waals surface area (Å²) in [4.78, 5) is 13.3. The van der Waals surface area contributed by atoms with Crippen LogP contribution in [0.3, 0.4) is 0 Å². The summed E-state index contributed by atoms with van der Waals surface area (Å²) in [6, 6.07) is 0. The van der Waals surface area contributed by atoms with Gasteiger partial charge in [0, 0.05) is 20.2 Å². The Bertz CT molecular complexity index is 212. The van der Waals surface area contributed by atoms with E-state index in [9.17, 15) is 9.90 Å². The van der Waals surface area contributed by atoms with Crippen molar-refractivity contribution in [3.8, 4) is 0 Å². The molecule has 0 unspecified atom stereocenters. The summed E-state index contributed by atoms with van der Waals surface area (Å²) in [6.07, 6.45) is 3.73. The molecule has 1 N–H and O–H groups in total. The predicted molar refractivity (Wildman–Crippen MR) is 57.9 cm³/mol. The van der Waals surface area contributed by atoms with Crippen LogP contribution >= 0.6 is 0 Å². The van der Waals surface area contributed by atoms with Gasteiger partial charge < -0.3 is 14.7 Å². The van der Waals surface area contributed by atoms with Crippen molar-refractivity contribution in [1.29, 1.82) is 0 Å². The van der Waals surface area contributed by atoms with E-state index >= 15 is 0 Å². The lowest BCUT2D eigenvalue weighted by atomic mass is 9.86. The Balaban J connectivity index is 2.48. The van der Waals surface area contributed by atoms with Gasteiger partial charge in [0.2, 0.25) is 0 Å². The third-order valence-corrected chi connectivity index (χ3v) is 3.26. The maximum absolute atomic E-state index is 11.3. The molecule has 0 atom stereocenters. The monoisotopic (exact) mass is 215 g/mol. The molecule has 0 saturated heterocycles. The van der Waals surface area contributed by atoms with Crippen LogP contribution in [0, 0.1) is 5.41 Å². The van der Waals surface area contributed by atoms with Crippen molar-refractivity contribution in [3.05, 3.63) is 0 Å². The Kier molecular flexibility index (Phi) is 4.54. The van der Waals surface area contributed by atoms with Crippen LogP contribution in [0.5, 0.6) is 0 Å². The normalized spacial score (nSPS) is 19.7. The second-order valence-corrected chi connectivity index (χ2v) is 4.52. The molecule has 0 radical (unpaired) electrons. The standard InChI is InChI=1S/C11H21NO3/c1-12(7-8-15-2)9-11(10(13)14)5-3-4-6-11/h3-9H2,1-2H3,(H,13,14). The summed E-state index contributed by atoms with van der Waals surface area (Å²) in [7, 11) is 3.62. The lowest BCUT2D eigenvalue weighted by Gasteiger charge is -2.29. The molecule has 4 heteroatoms. The molecule has 1 aliphatic carbocycles. The van der Waals surface area contributed by atoms with E-state index < -0.39 is 11.4 Å². The van der Waals surface area contributed by atoms with Crippen LogP contribution in [0.2, 0.25) is 0 Å². The summed E-state index contributed by atoms with van der Waals surface area (Å²) in [5.74, 6) is -0.635. The SMILES string of the molecule is COCCN(C)CC1(C(=O)O)CCCC1. The van der Waals surface area contributed by atoms with Crippen molar-refractivity contribution >= 4 is 5.97 Å². The summed E-state index contributed by atoms with van der Waals surface area (Å²) in [5.41, 5.74) is -0.498. The second-order valence-electron chi connectivity index (χ2n) is 4.52. The lowest BCUT2D eigenvalue weighted by molar-refractivity contribution is -0.149. The molecule has 0 amide bonds. The number of hydrogen-bond donors (Lipinski definition) is 1. The van der Waals surface area contributed by atoms with Gasteiger partial charge in [-0.05, 0) is 19.9 Å². The van der Waals surface area contributed by atoms with Gasteiger partial charge in [-0.3, -0.25) is 4.79 Å². The maximum Gasteiger partial charge on any atom is 0.310 e. The Morgan fingerprint density at radius 1 is 1.47 bits per heavy atom. The molecular weight excluding hydrogens is 194 g/mol. The van der Waals surface area contributed by atoms with E-state index in [1.807, 2.05) is 7.05 Å². The van der Waals surface area contributed by atoms with Crippen molar-refractivity contribution in [2.45, 2.75) is 25.7 Å². The Hall–Kier alpha value is -0.610. The first-order valence-electron chi connectivity index (χ1n) is 5.51. The van der Waals surface area contributed by atoms with E-state index in [0.29, 0.717) is 13.2 Å². The molecule has 1 saturated carbocycles. The van der Waals surface area contributed by atoms with Crippen molar-refractivity contribution in [2.24, 2.45) is 5.41 Å². The quantitative estimate of drug-likeness (QED) is 0.723. The van der Waals surface area contributed by atoms with Crippen LogP contribution < -0.4 is 0 Å². The van der Waals surface area contributed by atoms with Crippen LogP contribution in [0.4, 0.5) is 0 Å². The van der Waals surface area contributed by atoms with E-state index in [0.717, 1.165) is 32.2 Å². The van der Waals surface area contributed by atoms with E-state index in [2.05, 4.69) is 4.90 Å². The van der Waals surface area contributed by atoms with Crippen LogP contribution in [0.25, 0.3) is 0 Å². The van der Waals surface area contributed by atoms with Gasteiger partial charge in [-0.25, -0.2) is 0 Å². The molecule has 1 fully saturated rings. The fraction of sp³-hybridized carbons (Fsp3) is 0.909. The van der Waals surface area contributed by atoms with Crippen molar-refractivity contribution in [2.75, 3.05) is 33.9 Å². The molecule has 0 aliphatic heterocycles. The molecule has 0 aromatic rings. The Labute approximate surface area is 91.2 Å². The van der Waals surface area contributed by atoms with E-state index in [1.54, 1.807) is 7.11 Å². The zero-order chi connectivity index (χ0) is 11.3. The first-order chi connectivity index (χ1) is 7.10. The summed E-state index contributed by atoms with van der Waals surface area (Å²) < 4.78 is 4.98. The van der Waals surface area contributed by atoms with Crippen LogP contribution in [0.1, 0.15) is 25.7 Å². The van der Waals surface area contributed by atoms with Crippen LogP contribution in [-0.2, 0) is 9.53 Å². The minimum Gasteiger partial charge on any atom is -0.481 e. The number of carbonyl (C=O) groups is 1. The predicted octanol–water partition coefficient (Wildman–Crippen LogP) is 1.21. The number of hydrogen-bond acceptors (Lipinski definition) is 3. The van der Waals surface area contributed by atoms with Gasteiger partial charge in [0.25, 0.3) is 0 Å². The average molecular weight is 215 g/mol. The minimum atomic E-state index is -0.635. The molecule has 4 nitrogen and oxygen atoms in total. The molecule has 0 spiro atoms. The lowest BCUT2D eigenvalue weighted by Crippen LogP contribution is -2.40. The summed E-state index contributed by atoms with van der Waals surface area (Å²) >= 11 is 0. The number of carboxylic acids is 1. The van der Waals surface area contributed by atoms with Crippen molar-refractivity contribution < 1.29 is 14.6 Å². The van der Waals surface area contributed by atoms with Crippen LogP contribution in [0.15, 0.2) is 0 Å². The Morgan fingerprint density at radius 2 is 2.07 bits per heavy atom. The maximum atomic E-state index is 11.3. The zero-order valence-electron chi connectivity index (χ0n) is 9.66. The van der Waals surface area contributed by atoms with Gasteiger partial charge >= 0.3 is 5.97 Å². The summed E-state index contributed by atoms with van der Waals surface area (Å²) in [5, 5.41) is 9.28. The zero-order valence-corrected chi connectivity index (χ0v) is 9.66. The van der Waals surface area contributed by atoms with Crippen LogP contribution in [-0.4, -0.2) is 49.8 Å². The van der Waals surface area contributed by atoms with E-state index in [1.165, 1.54) is 0 Å². The second kappa shape index (κ2) is 5.47. The van der Waals surface area contributed by atoms with Crippen molar-refractivity contribution in [3.63, 3.8) is 0 Å². The number of ether oxygens (including phenoxy) is 1. The summed E-state index contributed by atoms with van der Waals surface area (Å²) in [6.45, 7) is 2.10. The van der Waals surface area contributed by atoms with Gasteiger partial charge in [-0.2, -0.15) is 0 Å². The topological polar surface area (TPSA) is 49.8 Å². The number of aliphatic carboxylic acids is 1. The molecule has 1 rings (SSSR count). The van der Waals surface area contributed by atoms with Crippen molar-refractivity contribution in [1.82, 2.24) is 4.90 Å². The fourth-order valence-electron chi connectivity index (χ4n) is 2.33. The highest BCUT2D eigenvalue weighted by molar-refractivity contribution is 5.75. The molecule has 0 aromatic carbocycles. The Morgan fingerprint density at radius 3 is 2.53 bits per heavy atom. The van der Waals surface area contributed by atoms with E-state index in [4.69, 9.17) is 4.74 Å². The minimum absolute atomic E-state index is 0.498. The molecule has 0 bridgehead atoms. The van der Waals surface area contributed by atoms with E-state index in [-0.39, 0.29) is 0 Å². The number of likely N-dealkylation sites (N-methyl/N-ethyl adjacent to an activating group) is 1. The largest absolute Gasteiger partial charge is 0.481 e. The molecule has 0 aromatic heterocycles. The van der Waals surface area contributed by atoms with Gasteiger partial charge in [-0.1, -0.05) is 12.8 Å². The molecule has 0 heterocycles. The average Bonchev–Trinajstić information content (AvgIpc) is 2.64. The van der Waals surface area contributed by atoms with Gasteiger partial charge in [0.15, 0.2) is 0 Å². The molecule has 15 heavy (non-hydrogen) atoms. The third-order valence-electron chi connectivity index (χ3n) is 3.26. The highest BCUT2D eigenvalue weighted by Crippen LogP contribution is 2.38. The van der Waals surface area contributed by atoms with Gasteiger partial charge in [-0.15, -0.1) is 0 Å². The highest BCUT2D eigenvalue weighted by Gasteiger charge is 2.41. The van der Waals surface area contributed by atoms with Gasteiger partial charge in [0.05, 0.1) is 12.0 Å². The molecule has 88 valence electrons. The number of nitrogens with zero attached hydrogens (tertiary/aromatic N) is 1. The number of rotatable bonds is 6. The van der Waals surface area contributed by atoms with Gasteiger partial charge in [0.1, 0.15) is 0 Å². The molecular formula is C11H21NO3. The third kappa shape index (κ3) is 3.18.